The van der Waals surface area contributed by atoms with Gasteiger partial charge in [-0.3, -0.25) is 10.1 Å². The summed E-state index contributed by atoms with van der Waals surface area (Å²) in [5.74, 6) is -0.900. The molecule has 0 radical (unpaired) electrons. The Hall–Kier alpha value is -2.34. The first-order valence-electron chi connectivity index (χ1n) is 5.50. The molecule has 0 amide bonds. The molecule has 5 nitrogen and oxygen atoms in total. The SMILES string of the molecule is Cc1c(O)cccc1Oc1cc(Cl)c(F)cc1[N+](=O)[O-]. The molecular formula is C13H9ClFNO4. The number of hydrogen-bond acceptors (Lipinski definition) is 4. The van der Waals surface area contributed by atoms with E-state index in [-0.39, 0.29) is 22.3 Å². The van der Waals surface area contributed by atoms with Crippen LogP contribution >= 0.6 is 11.6 Å². The molecule has 2 rings (SSSR count). The third kappa shape index (κ3) is 2.65. The van der Waals surface area contributed by atoms with Crippen molar-refractivity contribution in [2.24, 2.45) is 0 Å². The summed E-state index contributed by atoms with van der Waals surface area (Å²) in [5.41, 5.74) is -0.142. The van der Waals surface area contributed by atoms with Crippen LogP contribution in [0.25, 0.3) is 0 Å². The number of ether oxygens (including phenoxy) is 1. The molecular weight excluding hydrogens is 289 g/mol. The number of aromatic hydroxyl groups is 1. The number of halogens is 2. The number of phenols is 1. The van der Waals surface area contributed by atoms with Crippen LogP contribution in [0.1, 0.15) is 5.56 Å². The Morgan fingerprint density at radius 3 is 2.70 bits per heavy atom. The lowest BCUT2D eigenvalue weighted by Crippen LogP contribution is -1.96. The first-order valence-corrected chi connectivity index (χ1v) is 5.88. The van der Waals surface area contributed by atoms with Crippen LogP contribution in [0, 0.1) is 22.9 Å². The summed E-state index contributed by atoms with van der Waals surface area (Å²) in [4.78, 5) is 10.1. The molecule has 0 spiro atoms. The molecule has 0 aliphatic rings. The van der Waals surface area contributed by atoms with Crippen LogP contribution in [0.5, 0.6) is 17.2 Å². The molecule has 0 saturated carbocycles. The fourth-order valence-electron chi connectivity index (χ4n) is 1.57. The number of nitro benzene ring substituents is 1. The highest BCUT2D eigenvalue weighted by atomic mass is 35.5. The maximum Gasteiger partial charge on any atom is 0.314 e. The summed E-state index contributed by atoms with van der Waals surface area (Å²) < 4.78 is 18.6. The summed E-state index contributed by atoms with van der Waals surface area (Å²) in [5, 5.41) is 20.2. The van der Waals surface area contributed by atoms with Crippen molar-refractivity contribution >= 4 is 17.3 Å². The molecule has 0 aliphatic heterocycles. The number of rotatable bonds is 3. The normalized spacial score (nSPS) is 10.3. The molecule has 0 aromatic heterocycles. The Bertz CT molecular complexity index is 690. The summed E-state index contributed by atoms with van der Waals surface area (Å²) in [6.45, 7) is 1.58. The molecule has 0 aliphatic carbocycles. The number of nitrogens with zero attached hydrogens (tertiary/aromatic N) is 1. The lowest BCUT2D eigenvalue weighted by atomic mass is 10.2. The number of phenolic OH excluding ortho intramolecular Hbond substituents is 1. The van der Waals surface area contributed by atoms with Gasteiger partial charge in [0, 0.05) is 11.6 Å². The van der Waals surface area contributed by atoms with E-state index in [0.29, 0.717) is 11.6 Å². The summed E-state index contributed by atoms with van der Waals surface area (Å²) >= 11 is 5.60. The zero-order valence-electron chi connectivity index (χ0n) is 10.3. The number of nitro groups is 1. The van der Waals surface area contributed by atoms with E-state index in [0.717, 1.165) is 6.07 Å². The topological polar surface area (TPSA) is 72.6 Å². The quantitative estimate of drug-likeness (QED) is 0.681. The van der Waals surface area contributed by atoms with Crippen LogP contribution in [-0.4, -0.2) is 10.0 Å². The van der Waals surface area contributed by atoms with Gasteiger partial charge in [0.05, 0.1) is 16.0 Å². The van der Waals surface area contributed by atoms with Gasteiger partial charge < -0.3 is 9.84 Å². The van der Waals surface area contributed by atoms with E-state index in [2.05, 4.69) is 0 Å². The second-order valence-corrected chi connectivity index (χ2v) is 4.40. The fraction of sp³-hybridized carbons (Fsp3) is 0.0769. The fourth-order valence-corrected chi connectivity index (χ4v) is 1.73. The lowest BCUT2D eigenvalue weighted by molar-refractivity contribution is -0.385. The van der Waals surface area contributed by atoms with Crippen molar-refractivity contribution in [2.75, 3.05) is 0 Å². The van der Waals surface area contributed by atoms with Crippen LogP contribution in [0.4, 0.5) is 10.1 Å². The van der Waals surface area contributed by atoms with Gasteiger partial charge in [-0.2, -0.15) is 0 Å². The first-order chi connectivity index (χ1) is 9.40. The maximum absolute atomic E-state index is 13.3. The average Bonchev–Trinajstić information content (AvgIpc) is 2.38. The Morgan fingerprint density at radius 2 is 2.05 bits per heavy atom. The lowest BCUT2D eigenvalue weighted by Gasteiger charge is -2.10. The van der Waals surface area contributed by atoms with E-state index in [1.807, 2.05) is 0 Å². The third-order valence-corrected chi connectivity index (χ3v) is 2.96. The van der Waals surface area contributed by atoms with E-state index in [1.54, 1.807) is 6.92 Å². The molecule has 2 aromatic rings. The van der Waals surface area contributed by atoms with Crippen molar-refractivity contribution in [1.29, 1.82) is 0 Å². The van der Waals surface area contributed by atoms with Crippen LogP contribution < -0.4 is 4.74 Å². The summed E-state index contributed by atoms with van der Waals surface area (Å²) in [6, 6.07) is 6.22. The Balaban J connectivity index is 2.50. The molecule has 1 N–H and O–H groups in total. The van der Waals surface area contributed by atoms with E-state index < -0.39 is 16.4 Å². The van der Waals surface area contributed by atoms with Crippen molar-refractivity contribution in [1.82, 2.24) is 0 Å². The van der Waals surface area contributed by atoms with Gasteiger partial charge in [0.1, 0.15) is 17.3 Å². The molecule has 0 heterocycles. The van der Waals surface area contributed by atoms with Gasteiger partial charge in [0.2, 0.25) is 5.75 Å². The zero-order chi connectivity index (χ0) is 14.9. The summed E-state index contributed by atoms with van der Waals surface area (Å²) in [7, 11) is 0. The monoisotopic (exact) mass is 297 g/mol. The largest absolute Gasteiger partial charge is 0.508 e. The van der Waals surface area contributed by atoms with Crippen molar-refractivity contribution in [3.8, 4) is 17.2 Å². The Labute approximate surface area is 118 Å². The Morgan fingerprint density at radius 1 is 1.35 bits per heavy atom. The van der Waals surface area contributed by atoms with Gasteiger partial charge in [0.15, 0.2) is 0 Å². The van der Waals surface area contributed by atoms with Crippen LogP contribution in [0.15, 0.2) is 30.3 Å². The molecule has 20 heavy (non-hydrogen) atoms. The van der Waals surface area contributed by atoms with Crippen LogP contribution in [0.3, 0.4) is 0 Å². The van der Waals surface area contributed by atoms with Gasteiger partial charge in [-0.15, -0.1) is 0 Å². The minimum Gasteiger partial charge on any atom is -0.508 e. The molecule has 104 valence electrons. The number of benzene rings is 2. The second-order valence-electron chi connectivity index (χ2n) is 3.99. The van der Waals surface area contributed by atoms with Gasteiger partial charge in [-0.25, -0.2) is 4.39 Å². The van der Waals surface area contributed by atoms with E-state index in [4.69, 9.17) is 16.3 Å². The molecule has 0 bridgehead atoms. The predicted octanol–water partition coefficient (Wildman–Crippen LogP) is 4.19. The third-order valence-electron chi connectivity index (χ3n) is 2.67. The van der Waals surface area contributed by atoms with Gasteiger partial charge in [-0.05, 0) is 19.1 Å². The summed E-state index contributed by atoms with van der Waals surface area (Å²) in [6.07, 6.45) is 0. The molecule has 0 saturated heterocycles. The maximum atomic E-state index is 13.3. The van der Waals surface area contributed by atoms with Crippen molar-refractivity contribution < 1.29 is 19.2 Å². The molecule has 2 aromatic carbocycles. The number of hydrogen-bond donors (Lipinski definition) is 1. The van der Waals surface area contributed by atoms with Gasteiger partial charge in [0.25, 0.3) is 0 Å². The zero-order valence-corrected chi connectivity index (χ0v) is 11.0. The average molecular weight is 298 g/mol. The second kappa shape index (κ2) is 5.34. The van der Waals surface area contributed by atoms with E-state index in [9.17, 15) is 19.6 Å². The van der Waals surface area contributed by atoms with Gasteiger partial charge in [-0.1, -0.05) is 17.7 Å². The standard InChI is InChI=1S/C13H9ClFNO4/c1-7-11(17)3-2-4-12(7)20-13-5-8(14)9(15)6-10(13)16(18)19/h2-6,17H,1H3. The highest BCUT2D eigenvalue weighted by Crippen LogP contribution is 2.37. The van der Waals surface area contributed by atoms with Crippen molar-refractivity contribution in [3.05, 3.63) is 56.8 Å². The first kappa shape index (κ1) is 14.1. The van der Waals surface area contributed by atoms with Gasteiger partial charge >= 0.3 is 5.69 Å². The minimum atomic E-state index is -0.904. The molecule has 0 atom stereocenters. The minimum absolute atomic E-state index is 0.0154. The molecule has 0 unspecified atom stereocenters. The smallest absolute Gasteiger partial charge is 0.314 e. The van der Waals surface area contributed by atoms with Crippen molar-refractivity contribution in [3.63, 3.8) is 0 Å². The molecule has 7 heteroatoms. The van der Waals surface area contributed by atoms with Crippen LogP contribution in [0.2, 0.25) is 5.02 Å². The van der Waals surface area contributed by atoms with E-state index in [1.165, 1.54) is 18.2 Å². The predicted molar refractivity (Wildman–Crippen MR) is 71.0 cm³/mol. The van der Waals surface area contributed by atoms with Crippen LogP contribution in [-0.2, 0) is 0 Å². The highest BCUT2D eigenvalue weighted by molar-refractivity contribution is 6.31. The van der Waals surface area contributed by atoms with E-state index >= 15 is 0 Å². The Kier molecular flexibility index (Phi) is 3.76. The highest BCUT2D eigenvalue weighted by Gasteiger charge is 2.20. The van der Waals surface area contributed by atoms with Crippen molar-refractivity contribution in [2.45, 2.75) is 6.92 Å². The molecule has 0 fully saturated rings.